The van der Waals surface area contributed by atoms with Gasteiger partial charge in [0.25, 0.3) is 0 Å². The smallest absolute Gasteiger partial charge is 0.182 e. The van der Waals surface area contributed by atoms with Gasteiger partial charge in [-0.25, -0.2) is 0 Å². The van der Waals surface area contributed by atoms with Crippen LogP contribution in [0.25, 0.3) is 0 Å². The van der Waals surface area contributed by atoms with E-state index in [0.29, 0.717) is 12.2 Å². The molecule has 0 spiro atoms. The molecule has 0 aliphatic rings. The van der Waals surface area contributed by atoms with Gasteiger partial charge in [0.15, 0.2) is 5.82 Å². The largest absolute Gasteiger partial charge is 0.299 e. The number of aromatic nitrogens is 5. The molecule has 0 aromatic carbocycles. The van der Waals surface area contributed by atoms with E-state index >= 15 is 0 Å². The van der Waals surface area contributed by atoms with Gasteiger partial charge in [0.1, 0.15) is 5.78 Å². The van der Waals surface area contributed by atoms with Crippen molar-refractivity contribution < 1.29 is 4.79 Å². The first kappa shape index (κ1) is 10.4. The normalized spacial score (nSPS) is 10.3. The van der Waals surface area contributed by atoms with Gasteiger partial charge in [-0.2, -0.15) is 4.80 Å². The molecule has 0 atom stereocenters. The summed E-state index contributed by atoms with van der Waals surface area (Å²) in [6, 6.07) is 3.64. The predicted molar refractivity (Wildman–Crippen MR) is 55.5 cm³/mol. The maximum absolute atomic E-state index is 11.7. The molecular formula is C10H11N5O. The number of hydrogen-bond acceptors (Lipinski definition) is 5. The molecule has 0 radical (unpaired) electrons. The number of carbonyl (C=O) groups is 1. The number of nitrogens with zero attached hydrogens (tertiary/aromatic N) is 5. The van der Waals surface area contributed by atoms with Crippen molar-refractivity contribution in [3.05, 3.63) is 35.9 Å². The Kier molecular flexibility index (Phi) is 3.00. The molecule has 2 aromatic rings. The number of hydrogen-bond donors (Lipinski definition) is 0. The fourth-order valence-electron chi connectivity index (χ4n) is 1.36. The van der Waals surface area contributed by atoms with Crippen LogP contribution in [0.4, 0.5) is 0 Å². The molecule has 6 heteroatoms. The van der Waals surface area contributed by atoms with E-state index in [-0.39, 0.29) is 12.2 Å². The van der Waals surface area contributed by atoms with E-state index in [1.165, 1.54) is 4.80 Å². The van der Waals surface area contributed by atoms with Crippen molar-refractivity contribution in [1.82, 2.24) is 25.2 Å². The molecule has 0 aliphatic heterocycles. The first-order valence-corrected chi connectivity index (χ1v) is 4.87. The van der Waals surface area contributed by atoms with Crippen molar-refractivity contribution in [2.24, 2.45) is 7.05 Å². The maximum Gasteiger partial charge on any atom is 0.182 e. The average molecular weight is 217 g/mol. The Bertz CT molecular complexity index is 479. The number of carbonyl (C=O) groups excluding carboxylic acids is 1. The summed E-state index contributed by atoms with van der Waals surface area (Å²) in [5, 5.41) is 11.4. The maximum atomic E-state index is 11.7. The Morgan fingerprint density at radius 2 is 2.06 bits per heavy atom. The van der Waals surface area contributed by atoms with E-state index in [1.807, 2.05) is 12.1 Å². The Hall–Kier alpha value is -2.11. The molecule has 0 saturated carbocycles. The van der Waals surface area contributed by atoms with Gasteiger partial charge in [0.05, 0.1) is 13.5 Å². The average Bonchev–Trinajstić information content (AvgIpc) is 2.65. The molecule has 6 nitrogen and oxygen atoms in total. The molecule has 2 rings (SSSR count). The van der Waals surface area contributed by atoms with Crippen LogP contribution in [-0.4, -0.2) is 31.0 Å². The van der Waals surface area contributed by atoms with Crippen LogP contribution >= 0.6 is 0 Å². The summed E-state index contributed by atoms with van der Waals surface area (Å²) in [4.78, 5) is 16.9. The van der Waals surface area contributed by atoms with Crippen molar-refractivity contribution in [3.8, 4) is 0 Å². The summed E-state index contributed by atoms with van der Waals surface area (Å²) in [5.74, 6) is 0.528. The minimum atomic E-state index is 0.0687. The molecule has 82 valence electrons. The first-order valence-electron chi connectivity index (χ1n) is 4.87. The lowest BCUT2D eigenvalue weighted by Crippen LogP contribution is -2.08. The SMILES string of the molecule is Cn1nnc(CC(=O)Cc2ccncc2)n1. The van der Waals surface area contributed by atoms with Gasteiger partial charge < -0.3 is 0 Å². The van der Waals surface area contributed by atoms with Gasteiger partial charge in [0.2, 0.25) is 0 Å². The summed E-state index contributed by atoms with van der Waals surface area (Å²) >= 11 is 0. The van der Waals surface area contributed by atoms with Gasteiger partial charge in [-0.3, -0.25) is 9.78 Å². The number of tetrazole rings is 1. The van der Waals surface area contributed by atoms with Gasteiger partial charge in [0, 0.05) is 18.8 Å². The zero-order chi connectivity index (χ0) is 11.4. The van der Waals surface area contributed by atoms with E-state index in [2.05, 4.69) is 20.4 Å². The summed E-state index contributed by atoms with van der Waals surface area (Å²) in [6.45, 7) is 0. The minimum absolute atomic E-state index is 0.0687. The number of rotatable bonds is 4. The first-order chi connectivity index (χ1) is 7.74. The Morgan fingerprint density at radius 3 is 2.69 bits per heavy atom. The lowest BCUT2D eigenvalue weighted by atomic mass is 10.1. The highest BCUT2D eigenvalue weighted by molar-refractivity contribution is 5.82. The van der Waals surface area contributed by atoms with E-state index in [1.54, 1.807) is 19.4 Å². The number of pyridine rings is 1. The topological polar surface area (TPSA) is 73.6 Å². The van der Waals surface area contributed by atoms with Crippen LogP contribution in [-0.2, 0) is 24.7 Å². The third-order valence-electron chi connectivity index (χ3n) is 2.06. The number of Topliss-reactive ketones (excluding diaryl/α,β-unsaturated/α-hetero) is 1. The number of aryl methyl sites for hydroxylation is 1. The van der Waals surface area contributed by atoms with Gasteiger partial charge in [-0.15, -0.1) is 10.2 Å². The fourth-order valence-corrected chi connectivity index (χ4v) is 1.36. The molecule has 2 aromatic heterocycles. The molecule has 0 fully saturated rings. The van der Waals surface area contributed by atoms with Gasteiger partial charge in [-0.1, -0.05) is 0 Å². The molecule has 0 amide bonds. The molecule has 2 heterocycles. The van der Waals surface area contributed by atoms with Gasteiger partial charge >= 0.3 is 0 Å². The Balaban J connectivity index is 1.95. The second-order valence-electron chi connectivity index (χ2n) is 3.44. The lowest BCUT2D eigenvalue weighted by Gasteiger charge is -1.97. The molecule has 16 heavy (non-hydrogen) atoms. The zero-order valence-electron chi connectivity index (χ0n) is 8.87. The summed E-state index contributed by atoms with van der Waals surface area (Å²) in [5.41, 5.74) is 0.948. The molecular weight excluding hydrogens is 206 g/mol. The van der Waals surface area contributed by atoms with Crippen LogP contribution in [0.5, 0.6) is 0 Å². The van der Waals surface area contributed by atoms with E-state index in [0.717, 1.165) is 5.56 Å². The third-order valence-corrected chi connectivity index (χ3v) is 2.06. The lowest BCUT2D eigenvalue weighted by molar-refractivity contribution is -0.117. The van der Waals surface area contributed by atoms with Crippen molar-refractivity contribution in [3.63, 3.8) is 0 Å². The highest BCUT2D eigenvalue weighted by Gasteiger charge is 2.08. The molecule has 0 saturated heterocycles. The van der Waals surface area contributed by atoms with Crippen LogP contribution in [0.2, 0.25) is 0 Å². The van der Waals surface area contributed by atoms with Crippen LogP contribution in [0.3, 0.4) is 0 Å². The quantitative estimate of drug-likeness (QED) is 0.718. The van der Waals surface area contributed by atoms with Crippen molar-refractivity contribution >= 4 is 5.78 Å². The van der Waals surface area contributed by atoms with Crippen LogP contribution in [0.1, 0.15) is 11.4 Å². The third kappa shape index (κ3) is 2.69. The van der Waals surface area contributed by atoms with Gasteiger partial charge in [-0.05, 0) is 22.9 Å². The standard InChI is InChI=1S/C10H11N5O/c1-15-13-10(12-14-15)7-9(16)6-8-2-4-11-5-3-8/h2-5H,6-7H2,1H3. The van der Waals surface area contributed by atoms with E-state index < -0.39 is 0 Å². The molecule has 0 N–H and O–H groups in total. The second-order valence-corrected chi connectivity index (χ2v) is 3.44. The van der Waals surface area contributed by atoms with Crippen molar-refractivity contribution in [2.75, 3.05) is 0 Å². The zero-order valence-corrected chi connectivity index (χ0v) is 8.87. The predicted octanol–water partition coefficient (Wildman–Crippen LogP) is -0.0406. The van der Waals surface area contributed by atoms with Crippen LogP contribution in [0.15, 0.2) is 24.5 Å². The van der Waals surface area contributed by atoms with Crippen molar-refractivity contribution in [2.45, 2.75) is 12.8 Å². The van der Waals surface area contributed by atoms with E-state index in [9.17, 15) is 4.79 Å². The van der Waals surface area contributed by atoms with Crippen LogP contribution in [0, 0.1) is 0 Å². The molecule has 0 unspecified atom stereocenters. The Labute approximate surface area is 92.3 Å². The fraction of sp³-hybridized carbons (Fsp3) is 0.300. The van der Waals surface area contributed by atoms with E-state index in [4.69, 9.17) is 0 Å². The monoisotopic (exact) mass is 217 g/mol. The van der Waals surface area contributed by atoms with Crippen LogP contribution < -0.4 is 0 Å². The molecule has 0 bridgehead atoms. The number of ketones is 1. The summed E-state index contributed by atoms with van der Waals surface area (Å²) in [7, 11) is 1.67. The highest BCUT2D eigenvalue weighted by atomic mass is 16.1. The second kappa shape index (κ2) is 4.61. The summed E-state index contributed by atoms with van der Waals surface area (Å²) in [6.07, 6.45) is 3.93. The highest BCUT2D eigenvalue weighted by Crippen LogP contribution is 2.00. The minimum Gasteiger partial charge on any atom is -0.299 e. The summed E-state index contributed by atoms with van der Waals surface area (Å²) < 4.78 is 0. The Morgan fingerprint density at radius 1 is 1.31 bits per heavy atom. The molecule has 0 aliphatic carbocycles. The van der Waals surface area contributed by atoms with Crippen molar-refractivity contribution in [1.29, 1.82) is 0 Å².